The van der Waals surface area contributed by atoms with Crippen molar-refractivity contribution in [2.24, 2.45) is 0 Å². The van der Waals surface area contributed by atoms with Gasteiger partial charge in [0.05, 0.1) is 5.56 Å². The summed E-state index contributed by atoms with van der Waals surface area (Å²) in [4.78, 5) is 22.3. The Morgan fingerprint density at radius 2 is 1.75 bits per heavy atom. The molecule has 2 rings (SSSR count). The van der Waals surface area contributed by atoms with Crippen molar-refractivity contribution in [2.75, 3.05) is 0 Å². The van der Waals surface area contributed by atoms with E-state index in [0.29, 0.717) is 16.9 Å². The van der Waals surface area contributed by atoms with Crippen molar-refractivity contribution in [1.29, 1.82) is 0 Å². The van der Waals surface area contributed by atoms with Gasteiger partial charge < -0.3 is 9.84 Å². The monoisotopic (exact) mass is 268 g/mol. The molecule has 100 valence electrons. The summed E-state index contributed by atoms with van der Waals surface area (Å²) in [6.45, 7) is 0. The number of benzene rings is 2. The first-order valence-electron chi connectivity index (χ1n) is 5.93. The second kappa shape index (κ2) is 6.33. The van der Waals surface area contributed by atoms with Gasteiger partial charge in [-0.2, -0.15) is 0 Å². The zero-order chi connectivity index (χ0) is 14.4. The summed E-state index contributed by atoms with van der Waals surface area (Å²) >= 11 is 0. The van der Waals surface area contributed by atoms with Crippen LogP contribution in [0.2, 0.25) is 0 Å². The lowest BCUT2D eigenvalue weighted by atomic mass is 10.2. The molecule has 0 saturated carbocycles. The summed E-state index contributed by atoms with van der Waals surface area (Å²) < 4.78 is 5.23. The molecule has 0 heterocycles. The molecular weight excluding hydrogens is 256 g/mol. The lowest BCUT2D eigenvalue weighted by molar-refractivity contribution is -0.131. The first-order valence-corrected chi connectivity index (χ1v) is 5.93. The van der Waals surface area contributed by atoms with Gasteiger partial charge in [-0.25, -0.2) is 9.59 Å². The van der Waals surface area contributed by atoms with E-state index in [4.69, 9.17) is 9.84 Å². The van der Waals surface area contributed by atoms with Gasteiger partial charge in [-0.15, -0.1) is 0 Å². The van der Waals surface area contributed by atoms with Crippen molar-refractivity contribution >= 4 is 18.0 Å². The Hall–Kier alpha value is -2.88. The van der Waals surface area contributed by atoms with Crippen LogP contribution in [0.15, 0.2) is 60.7 Å². The molecule has 2 aromatic carbocycles. The summed E-state index contributed by atoms with van der Waals surface area (Å²) in [5, 5.41) is 8.57. The molecule has 0 aromatic heterocycles. The highest BCUT2D eigenvalue weighted by Gasteiger charge is 2.07. The third-order valence-corrected chi connectivity index (χ3v) is 2.50. The smallest absolute Gasteiger partial charge is 0.343 e. The van der Waals surface area contributed by atoms with Crippen molar-refractivity contribution < 1.29 is 19.4 Å². The summed E-state index contributed by atoms with van der Waals surface area (Å²) in [5.74, 6) is -1.12. The minimum Gasteiger partial charge on any atom is -0.478 e. The van der Waals surface area contributed by atoms with Gasteiger partial charge in [-0.3, -0.25) is 0 Å². The summed E-state index contributed by atoms with van der Waals surface area (Å²) in [7, 11) is 0. The normalized spacial score (nSPS) is 10.4. The standard InChI is InChI=1S/C16H12O4/c17-15(18)10-9-12-5-4-8-14(11-12)20-16(19)13-6-2-1-3-7-13/h1-11H,(H,17,18)/b10-9+. The van der Waals surface area contributed by atoms with Gasteiger partial charge in [0, 0.05) is 6.08 Å². The van der Waals surface area contributed by atoms with Crippen LogP contribution in [-0.4, -0.2) is 17.0 Å². The van der Waals surface area contributed by atoms with Gasteiger partial charge in [0.15, 0.2) is 0 Å². The van der Waals surface area contributed by atoms with Gasteiger partial charge in [0.25, 0.3) is 0 Å². The predicted octanol–water partition coefficient (Wildman–Crippen LogP) is 3.00. The highest BCUT2D eigenvalue weighted by atomic mass is 16.5. The van der Waals surface area contributed by atoms with Gasteiger partial charge in [0.2, 0.25) is 0 Å². The first kappa shape index (κ1) is 13.5. The molecule has 4 nitrogen and oxygen atoms in total. The molecule has 20 heavy (non-hydrogen) atoms. The predicted molar refractivity (Wildman–Crippen MR) is 74.5 cm³/mol. The molecule has 0 saturated heterocycles. The molecule has 0 spiro atoms. The van der Waals surface area contributed by atoms with E-state index in [-0.39, 0.29) is 0 Å². The summed E-state index contributed by atoms with van der Waals surface area (Å²) in [5.41, 5.74) is 1.10. The Balaban J connectivity index is 2.12. The molecule has 1 N–H and O–H groups in total. The zero-order valence-electron chi connectivity index (χ0n) is 10.5. The minimum atomic E-state index is -1.03. The van der Waals surface area contributed by atoms with Crippen LogP contribution in [0.25, 0.3) is 6.08 Å². The van der Waals surface area contributed by atoms with Crippen LogP contribution in [0.3, 0.4) is 0 Å². The fourth-order valence-corrected chi connectivity index (χ4v) is 1.59. The van der Waals surface area contributed by atoms with Crippen LogP contribution in [0.4, 0.5) is 0 Å². The molecule has 0 unspecified atom stereocenters. The minimum absolute atomic E-state index is 0.367. The molecule has 0 aliphatic heterocycles. The van der Waals surface area contributed by atoms with Gasteiger partial charge in [-0.1, -0.05) is 30.3 Å². The lowest BCUT2D eigenvalue weighted by Gasteiger charge is -2.04. The maximum Gasteiger partial charge on any atom is 0.343 e. The zero-order valence-corrected chi connectivity index (χ0v) is 10.5. The number of carbonyl (C=O) groups excluding carboxylic acids is 1. The van der Waals surface area contributed by atoms with Gasteiger partial charge in [0.1, 0.15) is 5.75 Å². The van der Waals surface area contributed by atoms with E-state index >= 15 is 0 Å². The molecular formula is C16H12O4. The average molecular weight is 268 g/mol. The molecule has 4 heteroatoms. The van der Waals surface area contributed by atoms with Crippen molar-refractivity contribution in [3.05, 3.63) is 71.8 Å². The molecule has 0 atom stereocenters. The van der Waals surface area contributed by atoms with Crippen molar-refractivity contribution in [3.63, 3.8) is 0 Å². The highest BCUT2D eigenvalue weighted by Crippen LogP contribution is 2.16. The fraction of sp³-hybridized carbons (Fsp3) is 0. The topological polar surface area (TPSA) is 63.6 Å². The average Bonchev–Trinajstić information content (AvgIpc) is 2.46. The third kappa shape index (κ3) is 3.81. The quantitative estimate of drug-likeness (QED) is 0.526. The van der Waals surface area contributed by atoms with Crippen LogP contribution < -0.4 is 4.74 Å². The maximum atomic E-state index is 11.9. The summed E-state index contributed by atoms with van der Waals surface area (Å²) in [6.07, 6.45) is 2.46. The number of hydrogen-bond donors (Lipinski definition) is 1. The molecule has 0 radical (unpaired) electrons. The van der Waals surface area contributed by atoms with Crippen molar-refractivity contribution in [1.82, 2.24) is 0 Å². The molecule has 0 amide bonds. The second-order valence-corrected chi connectivity index (χ2v) is 4.00. The fourth-order valence-electron chi connectivity index (χ4n) is 1.59. The largest absolute Gasteiger partial charge is 0.478 e. The van der Waals surface area contributed by atoms with Crippen LogP contribution in [0.1, 0.15) is 15.9 Å². The number of hydrogen-bond acceptors (Lipinski definition) is 3. The van der Waals surface area contributed by atoms with E-state index in [0.717, 1.165) is 6.08 Å². The Morgan fingerprint density at radius 1 is 1.00 bits per heavy atom. The molecule has 0 aliphatic carbocycles. The number of carboxylic acid groups (broad SMARTS) is 1. The van der Waals surface area contributed by atoms with E-state index in [1.54, 1.807) is 48.5 Å². The van der Waals surface area contributed by atoms with E-state index < -0.39 is 11.9 Å². The molecule has 0 bridgehead atoms. The van der Waals surface area contributed by atoms with Crippen molar-refractivity contribution in [2.45, 2.75) is 0 Å². The Labute approximate surface area is 115 Å². The van der Waals surface area contributed by atoms with E-state index in [9.17, 15) is 9.59 Å². The Kier molecular flexibility index (Phi) is 4.29. The van der Waals surface area contributed by atoms with Crippen LogP contribution in [-0.2, 0) is 4.79 Å². The molecule has 0 fully saturated rings. The molecule has 2 aromatic rings. The first-order chi connectivity index (χ1) is 9.65. The highest BCUT2D eigenvalue weighted by molar-refractivity contribution is 5.91. The van der Waals surface area contributed by atoms with E-state index in [1.807, 2.05) is 6.07 Å². The number of ether oxygens (including phenoxy) is 1. The summed E-state index contributed by atoms with van der Waals surface area (Å²) in [6, 6.07) is 15.3. The number of esters is 1. The van der Waals surface area contributed by atoms with Crippen LogP contribution in [0.5, 0.6) is 5.75 Å². The maximum absolute atomic E-state index is 11.9. The molecule has 0 aliphatic rings. The number of aliphatic carboxylic acids is 1. The van der Waals surface area contributed by atoms with Gasteiger partial charge in [-0.05, 0) is 35.9 Å². The third-order valence-electron chi connectivity index (χ3n) is 2.50. The van der Waals surface area contributed by atoms with Crippen LogP contribution >= 0.6 is 0 Å². The second-order valence-electron chi connectivity index (χ2n) is 4.00. The Morgan fingerprint density at radius 3 is 2.45 bits per heavy atom. The Bertz CT molecular complexity index is 645. The van der Waals surface area contributed by atoms with Crippen molar-refractivity contribution in [3.8, 4) is 5.75 Å². The van der Waals surface area contributed by atoms with Gasteiger partial charge >= 0.3 is 11.9 Å². The van der Waals surface area contributed by atoms with E-state index in [2.05, 4.69) is 0 Å². The van der Waals surface area contributed by atoms with E-state index in [1.165, 1.54) is 6.08 Å². The van der Waals surface area contributed by atoms with Crippen LogP contribution in [0, 0.1) is 0 Å². The SMILES string of the molecule is O=C(O)/C=C/c1cccc(OC(=O)c2ccccc2)c1. The number of carboxylic acids is 1. The number of carbonyl (C=O) groups is 2. The number of rotatable bonds is 4. The lowest BCUT2D eigenvalue weighted by Crippen LogP contribution is -2.08.